The first kappa shape index (κ1) is 14.4. The molecule has 0 spiro atoms. The Labute approximate surface area is 120 Å². The molecule has 0 saturated carbocycles. The number of carbonyl (C=O) groups is 1. The molecule has 1 amide bonds. The Morgan fingerprint density at radius 3 is 2.20 bits per heavy atom. The summed E-state index contributed by atoms with van der Waals surface area (Å²) >= 11 is 2.88. The molecule has 0 aromatic heterocycles. The third-order valence-corrected chi connectivity index (χ3v) is 2.89. The maximum Gasteiger partial charge on any atom is 0.261 e. The van der Waals surface area contributed by atoms with Crippen LogP contribution in [0.5, 0.6) is 5.75 Å². The lowest BCUT2D eigenvalue weighted by Crippen LogP contribution is -2.16. The van der Waals surface area contributed by atoms with Crippen molar-refractivity contribution < 1.29 is 23.1 Å². The Balaban J connectivity index is 2.33. The van der Waals surface area contributed by atoms with Gasteiger partial charge in [0.05, 0.1) is 5.69 Å². The summed E-state index contributed by atoms with van der Waals surface area (Å²) < 4.78 is 40.7. The SMILES string of the molecule is O=C(Nc1ccc(O)cc1F)c1c(F)cc(Br)cc1F. The first-order valence-corrected chi connectivity index (χ1v) is 6.12. The van der Waals surface area contributed by atoms with Crippen LogP contribution >= 0.6 is 15.9 Å². The second-order valence-corrected chi connectivity index (χ2v) is 4.78. The van der Waals surface area contributed by atoms with Crippen LogP contribution < -0.4 is 5.32 Å². The average Bonchev–Trinajstić information content (AvgIpc) is 2.31. The van der Waals surface area contributed by atoms with E-state index in [4.69, 9.17) is 5.11 Å². The summed E-state index contributed by atoms with van der Waals surface area (Å²) in [5.41, 5.74) is -1.12. The second-order valence-electron chi connectivity index (χ2n) is 3.86. The zero-order valence-electron chi connectivity index (χ0n) is 9.75. The molecule has 0 bridgehead atoms. The minimum absolute atomic E-state index is 0.139. The number of halogens is 4. The fraction of sp³-hybridized carbons (Fsp3) is 0. The Morgan fingerprint density at radius 1 is 1.05 bits per heavy atom. The molecule has 0 heterocycles. The van der Waals surface area contributed by atoms with E-state index in [-0.39, 0.29) is 15.9 Å². The topological polar surface area (TPSA) is 49.3 Å². The number of amides is 1. The van der Waals surface area contributed by atoms with Gasteiger partial charge in [-0.1, -0.05) is 15.9 Å². The van der Waals surface area contributed by atoms with Gasteiger partial charge in [-0.15, -0.1) is 0 Å². The molecule has 3 nitrogen and oxygen atoms in total. The first-order valence-electron chi connectivity index (χ1n) is 5.33. The lowest BCUT2D eigenvalue weighted by molar-refractivity contribution is 0.101. The Kier molecular flexibility index (Phi) is 3.99. The predicted molar refractivity (Wildman–Crippen MR) is 70.1 cm³/mol. The van der Waals surface area contributed by atoms with E-state index in [2.05, 4.69) is 15.9 Å². The minimum Gasteiger partial charge on any atom is -0.508 e. The summed E-state index contributed by atoms with van der Waals surface area (Å²) in [6, 6.07) is 4.82. The molecule has 20 heavy (non-hydrogen) atoms. The fourth-order valence-electron chi connectivity index (χ4n) is 1.55. The summed E-state index contributed by atoms with van der Waals surface area (Å²) in [5.74, 6) is -4.53. The second kappa shape index (κ2) is 5.54. The number of phenols is 1. The van der Waals surface area contributed by atoms with Crippen LogP contribution in [-0.2, 0) is 0 Å². The minimum atomic E-state index is -1.13. The van der Waals surface area contributed by atoms with Gasteiger partial charge in [0.2, 0.25) is 0 Å². The Morgan fingerprint density at radius 2 is 1.65 bits per heavy atom. The van der Waals surface area contributed by atoms with Crippen molar-refractivity contribution in [2.45, 2.75) is 0 Å². The van der Waals surface area contributed by atoms with E-state index >= 15 is 0 Å². The smallest absolute Gasteiger partial charge is 0.261 e. The van der Waals surface area contributed by atoms with Gasteiger partial charge in [0.25, 0.3) is 5.91 Å². The van der Waals surface area contributed by atoms with Crippen molar-refractivity contribution in [1.82, 2.24) is 0 Å². The van der Waals surface area contributed by atoms with Crippen LogP contribution in [0.3, 0.4) is 0 Å². The number of nitrogens with one attached hydrogen (secondary N) is 1. The van der Waals surface area contributed by atoms with E-state index in [0.717, 1.165) is 30.3 Å². The van der Waals surface area contributed by atoms with Gasteiger partial charge in [0.15, 0.2) is 0 Å². The van der Waals surface area contributed by atoms with Crippen molar-refractivity contribution in [3.8, 4) is 5.75 Å². The monoisotopic (exact) mass is 345 g/mol. The number of phenolic OH excluding ortho intramolecular Hbond substituents is 1. The highest BCUT2D eigenvalue weighted by Gasteiger charge is 2.19. The summed E-state index contributed by atoms with van der Waals surface area (Å²) in [4.78, 5) is 11.8. The molecule has 0 aliphatic heterocycles. The number of carbonyl (C=O) groups excluding carboxylic acids is 1. The molecule has 104 valence electrons. The van der Waals surface area contributed by atoms with E-state index in [1.807, 2.05) is 5.32 Å². The van der Waals surface area contributed by atoms with Gasteiger partial charge in [0.1, 0.15) is 28.8 Å². The quantitative estimate of drug-likeness (QED) is 0.813. The number of hydrogen-bond donors (Lipinski definition) is 2. The standard InChI is InChI=1S/C13H7BrF3NO2/c14-6-3-9(16)12(10(17)4-6)13(20)18-11-2-1-7(19)5-8(11)15/h1-5,19H,(H,18,20). The third-order valence-electron chi connectivity index (χ3n) is 2.43. The molecule has 0 fully saturated rings. The maximum absolute atomic E-state index is 13.6. The normalized spacial score (nSPS) is 10.4. The van der Waals surface area contributed by atoms with Gasteiger partial charge < -0.3 is 10.4 Å². The first-order chi connectivity index (χ1) is 9.38. The van der Waals surface area contributed by atoms with Gasteiger partial charge in [-0.05, 0) is 24.3 Å². The number of aromatic hydroxyl groups is 1. The summed E-state index contributed by atoms with van der Waals surface area (Å²) in [7, 11) is 0. The highest BCUT2D eigenvalue weighted by Crippen LogP contribution is 2.23. The molecule has 0 aliphatic rings. The number of anilines is 1. The van der Waals surface area contributed by atoms with Crippen molar-refractivity contribution in [3.05, 3.63) is 57.8 Å². The van der Waals surface area contributed by atoms with Crippen LogP contribution in [0.15, 0.2) is 34.8 Å². The highest BCUT2D eigenvalue weighted by atomic mass is 79.9. The maximum atomic E-state index is 13.6. The molecular weight excluding hydrogens is 339 g/mol. The average molecular weight is 346 g/mol. The van der Waals surface area contributed by atoms with E-state index in [1.54, 1.807) is 0 Å². The predicted octanol–water partition coefficient (Wildman–Crippen LogP) is 3.82. The highest BCUT2D eigenvalue weighted by molar-refractivity contribution is 9.10. The van der Waals surface area contributed by atoms with Gasteiger partial charge in [-0.2, -0.15) is 0 Å². The number of benzene rings is 2. The Bertz CT molecular complexity index is 668. The lowest BCUT2D eigenvalue weighted by Gasteiger charge is -2.08. The van der Waals surface area contributed by atoms with Crippen LogP contribution in [0.4, 0.5) is 18.9 Å². The van der Waals surface area contributed by atoms with Crippen molar-refractivity contribution in [1.29, 1.82) is 0 Å². The van der Waals surface area contributed by atoms with Crippen molar-refractivity contribution in [2.24, 2.45) is 0 Å². The zero-order chi connectivity index (χ0) is 14.9. The molecule has 0 radical (unpaired) electrons. The van der Waals surface area contributed by atoms with Gasteiger partial charge in [-0.25, -0.2) is 13.2 Å². The molecule has 2 N–H and O–H groups in total. The fourth-order valence-corrected chi connectivity index (χ4v) is 1.95. The number of hydrogen-bond acceptors (Lipinski definition) is 2. The van der Waals surface area contributed by atoms with Gasteiger partial charge in [-0.3, -0.25) is 4.79 Å². The third kappa shape index (κ3) is 2.93. The molecule has 0 atom stereocenters. The van der Waals surface area contributed by atoms with Crippen molar-refractivity contribution >= 4 is 27.5 Å². The molecule has 0 aliphatic carbocycles. The molecule has 2 aromatic carbocycles. The van der Waals surface area contributed by atoms with Crippen molar-refractivity contribution in [3.63, 3.8) is 0 Å². The van der Waals surface area contributed by atoms with Gasteiger partial charge >= 0.3 is 0 Å². The Hall–Kier alpha value is -2.02. The van der Waals surface area contributed by atoms with E-state index < -0.39 is 28.9 Å². The van der Waals surface area contributed by atoms with Crippen LogP contribution in [-0.4, -0.2) is 11.0 Å². The van der Waals surface area contributed by atoms with Crippen LogP contribution in [0.1, 0.15) is 10.4 Å². The van der Waals surface area contributed by atoms with Crippen LogP contribution in [0, 0.1) is 17.5 Å². The summed E-state index contributed by atoms with van der Waals surface area (Å²) in [6.45, 7) is 0. The lowest BCUT2D eigenvalue weighted by atomic mass is 10.1. The molecule has 0 saturated heterocycles. The van der Waals surface area contributed by atoms with Crippen LogP contribution in [0.25, 0.3) is 0 Å². The molecular formula is C13H7BrF3NO2. The van der Waals surface area contributed by atoms with E-state index in [9.17, 15) is 18.0 Å². The van der Waals surface area contributed by atoms with E-state index in [0.29, 0.717) is 0 Å². The molecule has 0 unspecified atom stereocenters. The largest absolute Gasteiger partial charge is 0.508 e. The van der Waals surface area contributed by atoms with E-state index in [1.165, 1.54) is 0 Å². The molecule has 2 aromatic rings. The van der Waals surface area contributed by atoms with Crippen LogP contribution in [0.2, 0.25) is 0 Å². The number of rotatable bonds is 2. The summed E-state index contributed by atoms with van der Waals surface area (Å²) in [5, 5.41) is 11.1. The molecule has 2 rings (SSSR count). The zero-order valence-corrected chi connectivity index (χ0v) is 11.3. The molecule has 7 heteroatoms. The van der Waals surface area contributed by atoms with Crippen molar-refractivity contribution in [2.75, 3.05) is 5.32 Å². The van der Waals surface area contributed by atoms with Gasteiger partial charge in [0, 0.05) is 10.5 Å². The summed E-state index contributed by atoms with van der Waals surface area (Å²) in [6.07, 6.45) is 0.